The van der Waals surface area contributed by atoms with Crippen LogP contribution in [0.2, 0.25) is 0 Å². The molecule has 0 unspecified atom stereocenters. The van der Waals surface area contributed by atoms with Crippen LogP contribution in [0.15, 0.2) is 34.6 Å². The number of fused-ring (bicyclic) bond motifs is 1. The van der Waals surface area contributed by atoms with E-state index in [0.717, 1.165) is 4.57 Å². The highest BCUT2D eigenvalue weighted by molar-refractivity contribution is 5.68. The van der Waals surface area contributed by atoms with Crippen LogP contribution in [-0.2, 0) is 12.6 Å². The fraction of sp³-hybridized carbons (Fsp3) is 0.333. The summed E-state index contributed by atoms with van der Waals surface area (Å²) in [5.41, 5.74) is -1.08. The summed E-state index contributed by atoms with van der Waals surface area (Å²) in [4.78, 5) is 32.3. The molecule has 0 atom stereocenters. The summed E-state index contributed by atoms with van der Waals surface area (Å²) in [5.74, 6) is 0. The van der Waals surface area contributed by atoms with Crippen molar-refractivity contribution in [1.82, 2.24) is 19.1 Å². The molecular weight excluding hydrogens is 232 g/mol. The zero-order valence-electron chi connectivity index (χ0n) is 10.5. The summed E-state index contributed by atoms with van der Waals surface area (Å²) < 4.78 is 2.45. The minimum Gasteiger partial charge on any atom is -0.267 e. The van der Waals surface area contributed by atoms with Crippen LogP contribution in [0.4, 0.5) is 0 Å². The molecule has 94 valence electrons. The molecule has 0 aromatic carbocycles. The van der Waals surface area contributed by atoms with Crippen LogP contribution in [0.1, 0.15) is 13.8 Å². The first-order valence-electron chi connectivity index (χ1n) is 5.47. The fourth-order valence-corrected chi connectivity index (χ4v) is 1.74. The van der Waals surface area contributed by atoms with Gasteiger partial charge >= 0.3 is 5.69 Å². The molecule has 2 rings (SSSR count). The van der Waals surface area contributed by atoms with E-state index in [1.165, 1.54) is 24.0 Å². The maximum absolute atomic E-state index is 12.2. The Balaban J connectivity index is 3.11. The third-order valence-electron chi connectivity index (χ3n) is 2.95. The molecule has 0 spiro atoms. The van der Waals surface area contributed by atoms with Crippen molar-refractivity contribution in [3.8, 4) is 0 Å². The number of aromatic nitrogens is 4. The van der Waals surface area contributed by atoms with Crippen molar-refractivity contribution in [2.45, 2.75) is 19.4 Å². The highest BCUT2D eigenvalue weighted by atomic mass is 16.2. The van der Waals surface area contributed by atoms with E-state index in [1.54, 1.807) is 6.08 Å². The first-order valence-corrected chi connectivity index (χ1v) is 5.47. The standard InChI is InChI=1S/C12H14N4O2/c1-5-12(2,3)16-9-8(13-6-7-14-9)10(17)15(4)11(16)18/h5-7H,1H2,2-4H3. The highest BCUT2D eigenvalue weighted by Gasteiger charge is 2.23. The average Bonchev–Trinajstić information content (AvgIpc) is 2.36. The molecule has 0 N–H and O–H groups in total. The van der Waals surface area contributed by atoms with Gasteiger partial charge in [-0.2, -0.15) is 0 Å². The zero-order valence-corrected chi connectivity index (χ0v) is 10.5. The van der Waals surface area contributed by atoms with Gasteiger partial charge in [-0.3, -0.25) is 13.9 Å². The lowest BCUT2D eigenvalue weighted by molar-refractivity contribution is 0.431. The third-order valence-corrected chi connectivity index (χ3v) is 2.95. The molecule has 6 nitrogen and oxygen atoms in total. The van der Waals surface area contributed by atoms with Crippen LogP contribution < -0.4 is 11.2 Å². The second-order valence-corrected chi connectivity index (χ2v) is 4.57. The Morgan fingerprint density at radius 2 is 1.89 bits per heavy atom. The second kappa shape index (κ2) is 3.90. The van der Waals surface area contributed by atoms with Crippen molar-refractivity contribution in [3.05, 3.63) is 45.9 Å². The predicted molar refractivity (Wildman–Crippen MR) is 68.6 cm³/mol. The van der Waals surface area contributed by atoms with E-state index in [9.17, 15) is 9.59 Å². The SMILES string of the molecule is C=CC(C)(C)n1c(=O)n(C)c(=O)c2nccnc21. The van der Waals surface area contributed by atoms with Crippen LogP contribution in [0.3, 0.4) is 0 Å². The summed E-state index contributed by atoms with van der Waals surface area (Å²) >= 11 is 0. The van der Waals surface area contributed by atoms with Gasteiger partial charge in [-0.25, -0.2) is 14.8 Å². The average molecular weight is 246 g/mol. The lowest BCUT2D eigenvalue weighted by Crippen LogP contribution is -2.45. The van der Waals surface area contributed by atoms with E-state index >= 15 is 0 Å². The van der Waals surface area contributed by atoms with Crippen molar-refractivity contribution >= 4 is 11.2 Å². The number of rotatable bonds is 2. The van der Waals surface area contributed by atoms with Gasteiger partial charge in [0.15, 0.2) is 11.2 Å². The lowest BCUT2D eigenvalue weighted by atomic mass is 10.1. The van der Waals surface area contributed by atoms with E-state index in [4.69, 9.17) is 0 Å². The van der Waals surface area contributed by atoms with Crippen molar-refractivity contribution in [1.29, 1.82) is 0 Å². The molecule has 2 heterocycles. The van der Waals surface area contributed by atoms with Gasteiger partial charge in [0, 0.05) is 19.4 Å². The Kier molecular flexibility index (Phi) is 2.65. The first-order chi connectivity index (χ1) is 8.40. The minimum absolute atomic E-state index is 0.175. The van der Waals surface area contributed by atoms with Gasteiger partial charge in [-0.15, -0.1) is 6.58 Å². The summed E-state index contributed by atoms with van der Waals surface area (Å²) in [7, 11) is 1.43. The van der Waals surface area contributed by atoms with E-state index < -0.39 is 16.8 Å². The molecule has 0 amide bonds. The largest absolute Gasteiger partial charge is 0.333 e. The molecule has 0 saturated carbocycles. The Morgan fingerprint density at radius 3 is 2.50 bits per heavy atom. The summed E-state index contributed by atoms with van der Waals surface area (Å²) in [6.07, 6.45) is 4.52. The zero-order chi connectivity index (χ0) is 13.5. The summed E-state index contributed by atoms with van der Waals surface area (Å²) in [6, 6.07) is 0. The van der Waals surface area contributed by atoms with Gasteiger partial charge in [-0.05, 0) is 13.8 Å². The maximum atomic E-state index is 12.2. The van der Waals surface area contributed by atoms with Gasteiger partial charge in [-0.1, -0.05) is 6.08 Å². The Morgan fingerprint density at radius 1 is 1.28 bits per heavy atom. The smallest absolute Gasteiger partial charge is 0.267 e. The Hall–Kier alpha value is -2.24. The van der Waals surface area contributed by atoms with Crippen molar-refractivity contribution < 1.29 is 0 Å². The van der Waals surface area contributed by atoms with E-state index in [0.29, 0.717) is 0 Å². The monoisotopic (exact) mass is 246 g/mol. The van der Waals surface area contributed by atoms with Crippen LogP contribution in [0, 0.1) is 0 Å². The van der Waals surface area contributed by atoms with Crippen LogP contribution in [0.5, 0.6) is 0 Å². The quantitative estimate of drug-likeness (QED) is 0.720. The molecule has 0 saturated heterocycles. The number of allylic oxidation sites excluding steroid dienone is 1. The van der Waals surface area contributed by atoms with Crippen molar-refractivity contribution in [2.75, 3.05) is 0 Å². The van der Waals surface area contributed by atoms with Crippen LogP contribution in [0.25, 0.3) is 11.2 Å². The van der Waals surface area contributed by atoms with Gasteiger partial charge in [0.05, 0.1) is 5.54 Å². The molecule has 0 aliphatic carbocycles. The molecule has 0 fully saturated rings. The van der Waals surface area contributed by atoms with E-state index in [2.05, 4.69) is 16.5 Å². The van der Waals surface area contributed by atoms with Crippen molar-refractivity contribution in [2.24, 2.45) is 7.05 Å². The lowest BCUT2D eigenvalue weighted by Gasteiger charge is -2.24. The molecule has 0 radical (unpaired) electrons. The van der Waals surface area contributed by atoms with Gasteiger partial charge in [0.2, 0.25) is 0 Å². The van der Waals surface area contributed by atoms with E-state index in [1.807, 2.05) is 13.8 Å². The Bertz CT molecular complexity index is 740. The first kappa shape index (κ1) is 12.2. The number of hydrogen-bond donors (Lipinski definition) is 0. The van der Waals surface area contributed by atoms with E-state index in [-0.39, 0.29) is 11.2 Å². The molecule has 0 aliphatic rings. The maximum Gasteiger partial charge on any atom is 0.333 e. The van der Waals surface area contributed by atoms with Crippen LogP contribution in [-0.4, -0.2) is 19.1 Å². The summed E-state index contributed by atoms with van der Waals surface area (Å²) in [6.45, 7) is 7.35. The number of nitrogens with zero attached hydrogens (tertiary/aromatic N) is 4. The minimum atomic E-state index is -0.656. The molecule has 2 aromatic heterocycles. The molecule has 0 bridgehead atoms. The van der Waals surface area contributed by atoms with Crippen LogP contribution >= 0.6 is 0 Å². The molecule has 0 aliphatic heterocycles. The topological polar surface area (TPSA) is 69.8 Å². The molecule has 6 heteroatoms. The third kappa shape index (κ3) is 1.57. The van der Waals surface area contributed by atoms with Gasteiger partial charge in [0.1, 0.15) is 0 Å². The fourth-order valence-electron chi connectivity index (χ4n) is 1.74. The highest BCUT2D eigenvalue weighted by Crippen LogP contribution is 2.16. The Labute approximate surface area is 103 Å². The van der Waals surface area contributed by atoms with Gasteiger partial charge in [0.25, 0.3) is 5.56 Å². The molecule has 2 aromatic rings. The molecule has 18 heavy (non-hydrogen) atoms. The molecular formula is C12H14N4O2. The normalized spacial score (nSPS) is 11.7. The predicted octanol–water partition coefficient (Wildman–Crippen LogP) is 0.411. The summed E-state index contributed by atoms with van der Waals surface area (Å²) in [5, 5.41) is 0. The number of hydrogen-bond acceptors (Lipinski definition) is 4. The van der Waals surface area contributed by atoms with Crippen molar-refractivity contribution in [3.63, 3.8) is 0 Å². The second-order valence-electron chi connectivity index (χ2n) is 4.57. The van der Waals surface area contributed by atoms with Gasteiger partial charge < -0.3 is 0 Å².